The second kappa shape index (κ2) is 5.40. The Balaban J connectivity index is 1.88. The van der Waals surface area contributed by atoms with Crippen molar-refractivity contribution in [3.05, 3.63) is 23.8 Å². The first-order chi connectivity index (χ1) is 9.96. The minimum Gasteiger partial charge on any atom is -0.326 e. The van der Waals surface area contributed by atoms with Crippen molar-refractivity contribution in [2.45, 2.75) is 17.7 Å². The largest absolute Gasteiger partial charge is 0.326 e. The molecule has 114 valence electrons. The van der Waals surface area contributed by atoms with Crippen molar-refractivity contribution in [3.63, 3.8) is 0 Å². The molecule has 1 aromatic rings. The van der Waals surface area contributed by atoms with Gasteiger partial charge in [0.05, 0.1) is 4.90 Å². The summed E-state index contributed by atoms with van der Waals surface area (Å²) in [6.45, 7) is 2.54. The number of carbonyl (C=O) groups excluding carboxylic acids is 1. The first kappa shape index (κ1) is 14.5. The summed E-state index contributed by atoms with van der Waals surface area (Å²) in [5.41, 5.74) is 1.62. The van der Waals surface area contributed by atoms with Crippen molar-refractivity contribution in [3.8, 4) is 0 Å². The number of nitrogens with one attached hydrogen (secondary N) is 1. The van der Waals surface area contributed by atoms with Gasteiger partial charge in [-0.15, -0.1) is 0 Å². The molecule has 1 saturated heterocycles. The molecule has 0 bridgehead atoms. The van der Waals surface area contributed by atoms with E-state index >= 15 is 0 Å². The van der Waals surface area contributed by atoms with Crippen LogP contribution in [0.5, 0.6) is 0 Å². The van der Waals surface area contributed by atoms with Gasteiger partial charge in [0.2, 0.25) is 15.9 Å². The minimum atomic E-state index is -3.44. The zero-order chi connectivity index (χ0) is 15.0. The molecule has 6 nitrogen and oxygen atoms in total. The number of carbonyl (C=O) groups is 1. The van der Waals surface area contributed by atoms with Crippen LogP contribution >= 0.6 is 0 Å². The van der Waals surface area contributed by atoms with Gasteiger partial charge in [0.1, 0.15) is 0 Å². The van der Waals surface area contributed by atoms with Crippen LogP contribution < -0.4 is 5.32 Å². The predicted octanol–water partition coefficient (Wildman–Crippen LogP) is 0.507. The van der Waals surface area contributed by atoms with Crippen LogP contribution in [0, 0.1) is 0 Å². The molecule has 0 unspecified atom stereocenters. The molecule has 1 aromatic carbocycles. The molecule has 21 heavy (non-hydrogen) atoms. The van der Waals surface area contributed by atoms with Crippen molar-refractivity contribution in [1.82, 2.24) is 9.21 Å². The third-order valence-electron chi connectivity index (χ3n) is 4.07. The van der Waals surface area contributed by atoms with E-state index in [1.807, 2.05) is 7.05 Å². The Morgan fingerprint density at radius 3 is 2.52 bits per heavy atom. The predicted molar refractivity (Wildman–Crippen MR) is 79.6 cm³/mol. The van der Waals surface area contributed by atoms with Crippen molar-refractivity contribution in [1.29, 1.82) is 0 Å². The molecule has 1 N–H and O–H groups in total. The zero-order valence-electron chi connectivity index (χ0n) is 12.0. The van der Waals surface area contributed by atoms with Crippen LogP contribution in [0.3, 0.4) is 0 Å². The molecular formula is C14H19N3O3S. The van der Waals surface area contributed by atoms with E-state index in [0.29, 0.717) is 30.8 Å². The topological polar surface area (TPSA) is 69.7 Å². The maximum absolute atomic E-state index is 12.7. The Labute approximate surface area is 124 Å². The lowest BCUT2D eigenvalue weighted by Gasteiger charge is -2.31. The summed E-state index contributed by atoms with van der Waals surface area (Å²) in [5.74, 6) is -0.0165. The summed E-state index contributed by atoms with van der Waals surface area (Å²) in [6.07, 6.45) is 0.998. The SMILES string of the molecule is CN1CCN(S(=O)(=O)c2ccc3c(c2)CCC(=O)N3)CC1. The average molecular weight is 309 g/mol. The lowest BCUT2D eigenvalue weighted by atomic mass is 10.0. The Kier molecular flexibility index (Phi) is 3.73. The molecular weight excluding hydrogens is 290 g/mol. The molecule has 2 aliphatic rings. The van der Waals surface area contributed by atoms with Crippen LogP contribution in [0.4, 0.5) is 5.69 Å². The van der Waals surface area contributed by atoms with E-state index in [1.54, 1.807) is 18.2 Å². The molecule has 0 atom stereocenters. The molecule has 7 heteroatoms. The Morgan fingerprint density at radius 1 is 1.10 bits per heavy atom. The van der Waals surface area contributed by atoms with Crippen LogP contribution in [0.1, 0.15) is 12.0 Å². The summed E-state index contributed by atoms with van der Waals surface area (Å²) < 4.78 is 26.9. The van der Waals surface area contributed by atoms with Crippen LogP contribution in [0.15, 0.2) is 23.1 Å². The van der Waals surface area contributed by atoms with Crippen molar-refractivity contribution >= 4 is 21.6 Å². The molecule has 0 aromatic heterocycles. The fourth-order valence-electron chi connectivity index (χ4n) is 2.70. The highest BCUT2D eigenvalue weighted by atomic mass is 32.2. The number of anilines is 1. The van der Waals surface area contributed by atoms with Gasteiger partial charge in [-0.05, 0) is 37.2 Å². The van der Waals surface area contributed by atoms with E-state index in [9.17, 15) is 13.2 Å². The molecule has 0 radical (unpaired) electrons. The normalized spacial score (nSPS) is 20.9. The lowest BCUT2D eigenvalue weighted by Crippen LogP contribution is -2.47. The number of nitrogens with zero attached hydrogens (tertiary/aromatic N) is 2. The molecule has 2 heterocycles. The second-order valence-corrected chi connectivity index (χ2v) is 7.51. The number of amides is 1. The van der Waals surface area contributed by atoms with E-state index in [4.69, 9.17) is 0 Å². The maximum atomic E-state index is 12.7. The number of piperazine rings is 1. The van der Waals surface area contributed by atoms with Crippen molar-refractivity contribution in [2.75, 3.05) is 38.5 Å². The summed E-state index contributed by atoms with van der Waals surface area (Å²) in [4.78, 5) is 13.8. The first-order valence-corrected chi connectivity index (χ1v) is 8.52. The van der Waals surface area contributed by atoms with Crippen molar-refractivity contribution in [2.24, 2.45) is 0 Å². The van der Waals surface area contributed by atoms with E-state index in [2.05, 4.69) is 10.2 Å². The zero-order valence-corrected chi connectivity index (χ0v) is 12.8. The third kappa shape index (κ3) is 2.81. The van der Waals surface area contributed by atoms with Gasteiger partial charge in [-0.25, -0.2) is 8.42 Å². The van der Waals surface area contributed by atoms with Crippen LogP contribution in [-0.2, 0) is 21.2 Å². The van der Waals surface area contributed by atoms with Gasteiger partial charge >= 0.3 is 0 Å². The number of aryl methyl sites for hydroxylation is 1. The minimum absolute atomic E-state index is 0.0165. The van der Waals surface area contributed by atoms with Gasteiger partial charge in [0, 0.05) is 38.3 Å². The number of hydrogen-bond donors (Lipinski definition) is 1. The Morgan fingerprint density at radius 2 is 1.81 bits per heavy atom. The monoisotopic (exact) mass is 309 g/mol. The van der Waals surface area contributed by atoms with Gasteiger partial charge < -0.3 is 10.2 Å². The smallest absolute Gasteiger partial charge is 0.243 e. The first-order valence-electron chi connectivity index (χ1n) is 7.08. The number of sulfonamides is 1. The highest BCUT2D eigenvalue weighted by Gasteiger charge is 2.28. The summed E-state index contributed by atoms with van der Waals surface area (Å²) in [7, 11) is -1.45. The van der Waals surface area contributed by atoms with Gasteiger partial charge in [-0.1, -0.05) is 0 Å². The van der Waals surface area contributed by atoms with Gasteiger partial charge in [0.25, 0.3) is 0 Å². The Hall–Kier alpha value is -1.44. The highest BCUT2D eigenvalue weighted by molar-refractivity contribution is 7.89. The molecule has 0 saturated carbocycles. The van der Waals surface area contributed by atoms with E-state index in [0.717, 1.165) is 24.3 Å². The number of hydrogen-bond acceptors (Lipinski definition) is 4. The van der Waals surface area contributed by atoms with Gasteiger partial charge in [-0.3, -0.25) is 4.79 Å². The van der Waals surface area contributed by atoms with Crippen LogP contribution in [0.25, 0.3) is 0 Å². The molecule has 0 spiro atoms. The summed E-state index contributed by atoms with van der Waals surface area (Å²) >= 11 is 0. The molecule has 2 aliphatic heterocycles. The number of rotatable bonds is 2. The fourth-order valence-corrected chi connectivity index (χ4v) is 4.17. The van der Waals surface area contributed by atoms with Crippen LogP contribution in [-0.4, -0.2) is 56.8 Å². The number of benzene rings is 1. The van der Waals surface area contributed by atoms with Gasteiger partial charge in [-0.2, -0.15) is 4.31 Å². The van der Waals surface area contributed by atoms with E-state index < -0.39 is 10.0 Å². The second-order valence-electron chi connectivity index (χ2n) is 5.57. The standard InChI is InChI=1S/C14H19N3O3S/c1-16-6-8-17(9-7-16)21(19,20)12-3-4-13-11(10-12)2-5-14(18)15-13/h3-4,10H,2,5-9H2,1H3,(H,15,18). The average Bonchev–Trinajstić information content (AvgIpc) is 2.47. The quantitative estimate of drug-likeness (QED) is 0.864. The molecule has 1 amide bonds. The molecule has 3 rings (SSSR count). The fraction of sp³-hybridized carbons (Fsp3) is 0.500. The van der Waals surface area contributed by atoms with Gasteiger partial charge in [0.15, 0.2) is 0 Å². The maximum Gasteiger partial charge on any atom is 0.243 e. The van der Waals surface area contributed by atoms with E-state index in [1.165, 1.54) is 4.31 Å². The summed E-state index contributed by atoms with van der Waals surface area (Å²) in [6, 6.07) is 4.97. The summed E-state index contributed by atoms with van der Waals surface area (Å²) in [5, 5.41) is 2.77. The lowest BCUT2D eigenvalue weighted by molar-refractivity contribution is -0.116. The number of likely N-dealkylation sites (N-methyl/N-ethyl adjacent to an activating group) is 1. The van der Waals surface area contributed by atoms with E-state index in [-0.39, 0.29) is 5.91 Å². The Bertz CT molecular complexity index is 664. The molecule has 1 fully saturated rings. The van der Waals surface area contributed by atoms with Crippen LogP contribution in [0.2, 0.25) is 0 Å². The molecule has 0 aliphatic carbocycles. The highest BCUT2D eigenvalue weighted by Crippen LogP contribution is 2.27. The van der Waals surface area contributed by atoms with Crippen molar-refractivity contribution < 1.29 is 13.2 Å². The third-order valence-corrected chi connectivity index (χ3v) is 5.97. The number of fused-ring (bicyclic) bond motifs is 1.